The van der Waals surface area contributed by atoms with Crippen molar-refractivity contribution < 1.29 is 9.18 Å². The molecule has 39 heavy (non-hydrogen) atoms. The van der Waals surface area contributed by atoms with Crippen LogP contribution in [0.4, 0.5) is 15.9 Å². The number of thioether (sulfide) groups is 1. The van der Waals surface area contributed by atoms with Gasteiger partial charge >= 0.3 is 0 Å². The Morgan fingerprint density at radius 2 is 1.69 bits per heavy atom. The number of rotatable bonds is 9. The van der Waals surface area contributed by atoms with E-state index < -0.39 is 0 Å². The molecule has 0 radical (unpaired) electrons. The van der Waals surface area contributed by atoms with E-state index in [-0.39, 0.29) is 22.8 Å². The van der Waals surface area contributed by atoms with Crippen LogP contribution in [-0.2, 0) is 11.8 Å². The van der Waals surface area contributed by atoms with Gasteiger partial charge in [-0.25, -0.2) is 4.39 Å². The average molecular weight is 568 g/mol. The highest BCUT2D eigenvalue weighted by molar-refractivity contribution is 8.26. The van der Waals surface area contributed by atoms with E-state index >= 15 is 0 Å². The van der Waals surface area contributed by atoms with E-state index in [1.165, 1.54) is 34.9 Å². The molecule has 0 N–H and O–H groups in total. The number of nitrogens with zero attached hydrogens (tertiary/aromatic N) is 5. The Bertz CT molecular complexity index is 1370. The molecule has 0 unspecified atom stereocenters. The van der Waals surface area contributed by atoms with Crippen LogP contribution in [0.25, 0.3) is 6.08 Å². The zero-order valence-corrected chi connectivity index (χ0v) is 24.3. The number of pyridine rings is 1. The number of thiocarbonyl (C=S) groups is 1. The van der Waals surface area contributed by atoms with Crippen molar-refractivity contribution >= 4 is 51.8 Å². The largest absolute Gasteiger partial charge is 0.368 e. The van der Waals surface area contributed by atoms with Gasteiger partial charge in [0.05, 0.1) is 4.91 Å². The lowest BCUT2D eigenvalue weighted by atomic mass is 10.0. The summed E-state index contributed by atoms with van der Waals surface area (Å²) in [7, 11) is 1.67. The van der Waals surface area contributed by atoms with Gasteiger partial charge in [-0.3, -0.25) is 19.1 Å². The molecule has 3 heterocycles. The third-order valence-corrected chi connectivity index (χ3v) is 8.75. The van der Waals surface area contributed by atoms with E-state index in [1.807, 2.05) is 0 Å². The standard InChI is InChI=1S/C29H34FN5O2S2/c1-4-5-6-7-8-13-35-28(37)25(39-29(35)38)18-23-20(2)24(19-31)27(36)32(3)26(23)34-16-14-33(15-17-34)22-11-9-21(30)10-12-22/h9-12,18H,4-8,13-17H2,1-3H3/b25-18-. The van der Waals surface area contributed by atoms with E-state index in [0.717, 1.165) is 31.4 Å². The van der Waals surface area contributed by atoms with Crippen LogP contribution in [0.3, 0.4) is 0 Å². The van der Waals surface area contributed by atoms with Gasteiger partial charge in [-0.2, -0.15) is 5.26 Å². The summed E-state index contributed by atoms with van der Waals surface area (Å²) in [6, 6.07) is 8.50. The molecule has 1 aromatic heterocycles. The van der Waals surface area contributed by atoms with Gasteiger partial charge < -0.3 is 9.80 Å². The Labute approximate surface area is 238 Å². The SMILES string of the molecule is CCCCCCCN1C(=O)/C(=C/c2c(C)c(C#N)c(=O)n(C)c2N2CCN(c3ccc(F)cc3)CC2)SC1=S. The molecule has 2 fully saturated rings. The Kier molecular flexibility index (Phi) is 9.46. The van der Waals surface area contributed by atoms with Crippen LogP contribution >= 0.6 is 24.0 Å². The Hall–Kier alpha value is -3.16. The molecule has 0 spiro atoms. The average Bonchev–Trinajstić information content (AvgIpc) is 3.20. The first-order valence-corrected chi connectivity index (χ1v) is 14.6. The van der Waals surface area contributed by atoms with Crippen molar-refractivity contribution in [3.8, 4) is 6.07 Å². The van der Waals surface area contributed by atoms with Crippen LogP contribution in [0.1, 0.15) is 55.7 Å². The second-order valence-electron chi connectivity index (χ2n) is 9.91. The number of amides is 1. The minimum atomic E-state index is -0.359. The molecule has 7 nitrogen and oxygen atoms in total. The molecule has 0 atom stereocenters. The summed E-state index contributed by atoms with van der Waals surface area (Å²) in [5.74, 6) is 0.284. The van der Waals surface area contributed by atoms with E-state index in [1.54, 1.807) is 37.1 Å². The first-order chi connectivity index (χ1) is 18.8. The quantitative estimate of drug-likeness (QED) is 0.234. The highest BCUT2D eigenvalue weighted by Crippen LogP contribution is 2.36. The van der Waals surface area contributed by atoms with Crippen LogP contribution in [0.5, 0.6) is 0 Å². The van der Waals surface area contributed by atoms with E-state index in [2.05, 4.69) is 22.8 Å². The number of piperazine rings is 1. The summed E-state index contributed by atoms with van der Waals surface area (Å²) >= 11 is 6.82. The number of carbonyl (C=O) groups is 1. The highest BCUT2D eigenvalue weighted by atomic mass is 32.2. The normalized spacial score (nSPS) is 16.9. The van der Waals surface area contributed by atoms with Crippen LogP contribution < -0.4 is 15.4 Å². The number of halogens is 1. The van der Waals surface area contributed by atoms with Crippen molar-refractivity contribution in [1.29, 1.82) is 5.26 Å². The van der Waals surface area contributed by atoms with E-state index in [4.69, 9.17) is 12.2 Å². The van der Waals surface area contributed by atoms with Gasteiger partial charge in [0.15, 0.2) is 0 Å². The summed E-state index contributed by atoms with van der Waals surface area (Å²) in [4.78, 5) is 32.9. The molecule has 1 amide bonds. The Morgan fingerprint density at radius 1 is 1.05 bits per heavy atom. The van der Waals surface area contributed by atoms with Crippen molar-refractivity contribution in [2.24, 2.45) is 7.05 Å². The Balaban J connectivity index is 1.62. The maximum atomic E-state index is 13.4. The molecule has 0 bridgehead atoms. The number of nitriles is 1. The molecule has 2 aliphatic rings. The predicted molar refractivity (Wildman–Crippen MR) is 161 cm³/mol. The molecule has 4 rings (SSSR count). The molecule has 2 aliphatic heterocycles. The van der Waals surface area contributed by atoms with Crippen molar-refractivity contribution in [2.75, 3.05) is 42.5 Å². The van der Waals surface area contributed by atoms with E-state index in [0.29, 0.717) is 58.9 Å². The number of hydrogen-bond acceptors (Lipinski definition) is 7. The van der Waals surface area contributed by atoms with Gasteiger partial charge in [-0.05, 0) is 49.2 Å². The van der Waals surface area contributed by atoms with Gasteiger partial charge in [0.25, 0.3) is 11.5 Å². The molecule has 206 valence electrons. The molecule has 1 aromatic carbocycles. The van der Waals surface area contributed by atoms with Gasteiger partial charge in [0, 0.05) is 51.0 Å². The van der Waals surface area contributed by atoms with Crippen molar-refractivity contribution in [3.63, 3.8) is 0 Å². The second kappa shape index (κ2) is 12.8. The number of carbonyl (C=O) groups excluding carboxylic acids is 1. The molecule has 0 aliphatic carbocycles. The maximum absolute atomic E-state index is 13.4. The maximum Gasteiger partial charge on any atom is 0.270 e. The smallest absolute Gasteiger partial charge is 0.270 e. The molecule has 2 aromatic rings. The zero-order chi connectivity index (χ0) is 28.1. The van der Waals surface area contributed by atoms with Gasteiger partial charge in [0.1, 0.15) is 27.6 Å². The lowest BCUT2D eigenvalue weighted by Crippen LogP contribution is -2.48. The topological polar surface area (TPSA) is 72.6 Å². The fraction of sp³-hybridized carbons (Fsp3) is 0.448. The number of aromatic nitrogens is 1. The monoisotopic (exact) mass is 567 g/mol. The van der Waals surface area contributed by atoms with Crippen molar-refractivity contribution in [1.82, 2.24) is 9.47 Å². The number of unbranched alkanes of at least 4 members (excludes halogenated alkanes) is 4. The number of anilines is 2. The van der Waals surface area contributed by atoms with Gasteiger partial charge in [0.2, 0.25) is 0 Å². The van der Waals surface area contributed by atoms with Crippen LogP contribution in [0, 0.1) is 24.1 Å². The minimum absolute atomic E-state index is 0.0730. The van der Waals surface area contributed by atoms with Crippen molar-refractivity contribution in [2.45, 2.75) is 46.0 Å². The molecular formula is C29H34FN5O2S2. The van der Waals surface area contributed by atoms with E-state index in [9.17, 15) is 19.2 Å². The van der Waals surface area contributed by atoms with Gasteiger partial charge in [-0.15, -0.1) is 0 Å². The fourth-order valence-electron chi connectivity index (χ4n) is 5.12. The summed E-state index contributed by atoms with van der Waals surface area (Å²) in [6.07, 6.45) is 7.26. The molecular weight excluding hydrogens is 533 g/mol. The minimum Gasteiger partial charge on any atom is -0.368 e. The summed E-state index contributed by atoms with van der Waals surface area (Å²) in [5, 5.41) is 9.75. The molecule has 10 heteroatoms. The summed E-state index contributed by atoms with van der Waals surface area (Å²) < 4.78 is 15.4. The number of hydrogen-bond donors (Lipinski definition) is 0. The first kappa shape index (κ1) is 28.8. The van der Waals surface area contributed by atoms with Crippen LogP contribution in [-0.4, -0.2) is 52.4 Å². The Morgan fingerprint density at radius 3 is 2.33 bits per heavy atom. The third kappa shape index (κ3) is 6.20. The zero-order valence-electron chi connectivity index (χ0n) is 22.7. The van der Waals surface area contributed by atoms with Gasteiger partial charge in [-0.1, -0.05) is 56.6 Å². The number of benzene rings is 1. The summed E-state index contributed by atoms with van der Waals surface area (Å²) in [6.45, 7) is 7.13. The molecule has 0 saturated carbocycles. The predicted octanol–water partition coefficient (Wildman–Crippen LogP) is 5.20. The van der Waals surface area contributed by atoms with Crippen LogP contribution in [0.15, 0.2) is 34.0 Å². The van der Waals surface area contributed by atoms with Crippen LogP contribution in [0.2, 0.25) is 0 Å². The summed E-state index contributed by atoms with van der Waals surface area (Å²) in [5.41, 5.74) is 1.90. The van der Waals surface area contributed by atoms with Crippen molar-refractivity contribution in [3.05, 3.63) is 62.0 Å². The lowest BCUT2D eigenvalue weighted by Gasteiger charge is -2.38. The lowest BCUT2D eigenvalue weighted by molar-refractivity contribution is -0.122. The fourth-order valence-corrected chi connectivity index (χ4v) is 6.41. The highest BCUT2D eigenvalue weighted by Gasteiger charge is 2.33. The third-order valence-electron chi connectivity index (χ3n) is 7.37. The molecule has 2 saturated heterocycles. The first-order valence-electron chi connectivity index (χ1n) is 13.4. The second-order valence-corrected chi connectivity index (χ2v) is 11.6.